The Morgan fingerprint density at radius 3 is 2.67 bits per heavy atom. The molecular formula is C33H48FN5O6. The Balaban J connectivity index is 1.56. The van der Waals surface area contributed by atoms with Crippen molar-refractivity contribution >= 4 is 17.8 Å². The number of nitrogens with one attached hydrogen (secondary N) is 1. The van der Waals surface area contributed by atoms with E-state index >= 15 is 0 Å². The molecule has 0 unspecified atom stereocenters. The Bertz CT molecular complexity index is 1260. The van der Waals surface area contributed by atoms with Crippen molar-refractivity contribution in [1.82, 2.24) is 25.0 Å². The lowest BCUT2D eigenvalue weighted by atomic mass is 9.91. The fraction of sp³-hybridized carbons (Fsp3) is 0.636. The number of hydrogen-bond donors (Lipinski definition) is 2. The number of oxazole rings is 1. The number of nitrogens with zero attached hydrogens (tertiary/aromatic N) is 4. The van der Waals surface area contributed by atoms with Gasteiger partial charge in [-0.1, -0.05) is 43.7 Å². The van der Waals surface area contributed by atoms with Gasteiger partial charge >= 0.3 is 5.97 Å². The molecule has 12 heteroatoms. The molecule has 45 heavy (non-hydrogen) atoms. The molecule has 2 fully saturated rings. The van der Waals surface area contributed by atoms with Gasteiger partial charge in [-0.05, 0) is 32.9 Å². The molecule has 3 aliphatic heterocycles. The lowest BCUT2D eigenvalue weighted by Crippen LogP contribution is -2.49. The number of esters is 1. The van der Waals surface area contributed by atoms with Gasteiger partial charge in [-0.3, -0.25) is 9.59 Å². The number of hydrogen-bond acceptors (Lipinski definition) is 9. The van der Waals surface area contributed by atoms with E-state index in [1.165, 1.54) is 17.2 Å². The molecule has 0 radical (unpaired) electrons. The van der Waals surface area contributed by atoms with Crippen LogP contribution in [0.3, 0.4) is 0 Å². The molecule has 2 amide bonds. The first-order chi connectivity index (χ1) is 21.5. The van der Waals surface area contributed by atoms with Gasteiger partial charge in [0.05, 0.1) is 12.5 Å². The summed E-state index contributed by atoms with van der Waals surface area (Å²) in [6.07, 6.45) is 7.11. The fourth-order valence-corrected chi connectivity index (χ4v) is 6.17. The largest absolute Gasteiger partial charge is 0.460 e. The van der Waals surface area contributed by atoms with E-state index in [-0.39, 0.29) is 48.7 Å². The summed E-state index contributed by atoms with van der Waals surface area (Å²) >= 11 is 0. The van der Waals surface area contributed by atoms with E-state index in [2.05, 4.69) is 34.1 Å². The predicted octanol–water partition coefficient (Wildman–Crippen LogP) is 2.53. The number of likely N-dealkylation sites (N-methyl/N-ethyl adjacent to an activating group) is 1. The van der Waals surface area contributed by atoms with Gasteiger partial charge in [-0.25, -0.2) is 14.2 Å². The number of cyclic esters (lactones) is 1. The number of alkyl halides is 1. The lowest BCUT2D eigenvalue weighted by molar-refractivity contribution is -0.158. The summed E-state index contributed by atoms with van der Waals surface area (Å²) < 4.78 is 26.4. The van der Waals surface area contributed by atoms with Crippen LogP contribution in [-0.2, 0) is 20.7 Å². The second kappa shape index (κ2) is 16.3. The van der Waals surface area contributed by atoms with Crippen molar-refractivity contribution in [3.05, 3.63) is 53.8 Å². The summed E-state index contributed by atoms with van der Waals surface area (Å²) in [5, 5.41) is 13.1. The molecule has 2 N–H and O–H groups in total. The quantitative estimate of drug-likeness (QED) is 0.485. The third kappa shape index (κ3) is 10.1. The molecule has 0 aliphatic carbocycles. The van der Waals surface area contributed by atoms with E-state index in [0.717, 1.165) is 38.3 Å². The summed E-state index contributed by atoms with van der Waals surface area (Å²) in [6, 6.07) is -0.789. The number of allylic oxidation sites excluding steroid dienone is 2. The number of aromatic nitrogens is 1. The second-order valence-electron chi connectivity index (χ2n) is 12.6. The van der Waals surface area contributed by atoms with Crippen molar-refractivity contribution in [1.29, 1.82) is 0 Å². The van der Waals surface area contributed by atoms with Crippen LogP contribution in [0, 0.1) is 11.8 Å². The average molecular weight is 630 g/mol. The van der Waals surface area contributed by atoms with Crippen LogP contribution in [0.2, 0.25) is 0 Å². The van der Waals surface area contributed by atoms with E-state index in [1.54, 1.807) is 31.2 Å². The Morgan fingerprint density at radius 2 is 1.91 bits per heavy atom. The number of ether oxygens (including phenoxy) is 1. The minimum absolute atomic E-state index is 0.000911. The van der Waals surface area contributed by atoms with Crippen LogP contribution < -0.4 is 5.32 Å². The summed E-state index contributed by atoms with van der Waals surface area (Å²) in [5.74, 6) is -1.53. The van der Waals surface area contributed by atoms with Crippen molar-refractivity contribution in [2.75, 3.05) is 52.9 Å². The van der Waals surface area contributed by atoms with Crippen LogP contribution in [-0.4, -0.2) is 120 Å². The summed E-state index contributed by atoms with van der Waals surface area (Å²) in [7, 11) is 2.10. The maximum absolute atomic E-state index is 14.8. The SMILES string of the molecule is CC1=C[C@@H](O)C[C@@H](F)Cc2nc(co2)C(=O)N2CCC[C@@H]2C(=O)O[C@H]([C@@H](C)CN2CCN(C)CC2)[C@H](C)/C=C/C(=O)NCC=C1. The van der Waals surface area contributed by atoms with E-state index in [1.807, 2.05) is 6.92 Å². The molecule has 1 aromatic heterocycles. The molecule has 2 bridgehead atoms. The van der Waals surface area contributed by atoms with Gasteiger partial charge in [-0.2, -0.15) is 0 Å². The minimum Gasteiger partial charge on any atom is -0.460 e. The highest BCUT2D eigenvalue weighted by Gasteiger charge is 2.39. The zero-order chi connectivity index (χ0) is 32.5. The van der Waals surface area contributed by atoms with Crippen LogP contribution in [0.25, 0.3) is 0 Å². The van der Waals surface area contributed by atoms with E-state index < -0.39 is 36.3 Å². The number of carbonyl (C=O) groups excluding carboxylic acids is 3. The zero-order valence-electron chi connectivity index (χ0n) is 26.9. The highest BCUT2D eigenvalue weighted by Crippen LogP contribution is 2.26. The summed E-state index contributed by atoms with van der Waals surface area (Å²) in [6.45, 7) is 10.9. The molecule has 0 aromatic carbocycles. The molecule has 4 rings (SSSR count). The van der Waals surface area contributed by atoms with Crippen molar-refractivity contribution in [3.8, 4) is 0 Å². The molecule has 248 valence electrons. The molecule has 4 heterocycles. The first-order valence-corrected chi connectivity index (χ1v) is 16.0. The third-order valence-corrected chi connectivity index (χ3v) is 8.70. The predicted molar refractivity (Wildman–Crippen MR) is 167 cm³/mol. The number of piperazine rings is 1. The van der Waals surface area contributed by atoms with Gasteiger partial charge in [0.2, 0.25) is 5.91 Å². The molecular weight excluding hydrogens is 581 g/mol. The Morgan fingerprint density at radius 1 is 1.16 bits per heavy atom. The van der Waals surface area contributed by atoms with Crippen molar-refractivity contribution < 1.29 is 33.0 Å². The third-order valence-electron chi connectivity index (χ3n) is 8.70. The number of carbonyl (C=O) groups is 3. The van der Waals surface area contributed by atoms with Crippen LogP contribution in [0.15, 0.2) is 46.6 Å². The highest BCUT2D eigenvalue weighted by molar-refractivity contribution is 5.95. The Labute approximate surface area is 265 Å². The summed E-state index contributed by atoms with van der Waals surface area (Å²) in [5.41, 5.74) is 0.716. The van der Waals surface area contributed by atoms with Crippen LogP contribution in [0.1, 0.15) is 56.4 Å². The minimum atomic E-state index is -1.46. The molecule has 2 saturated heterocycles. The number of fused-ring (bicyclic) bond motifs is 3. The highest BCUT2D eigenvalue weighted by atomic mass is 19.1. The maximum Gasteiger partial charge on any atom is 0.329 e. The van der Waals surface area contributed by atoms with E-state index in [9.17, 15) is 23.9 Å². The first-order valence-electron chi connectivity index (χ1n) is 16.0. The zero-order valence-corrected chi connectivity index (χ0v) is 26.9. The van der Waals surface area contributed by atoms with E-state index in [0.29, 0.717) is 19.4 Å². The van der Waals surface area contributed by atoms with E-state index in [4.69, 9.17) is 9.15 Å². The average Bonchev–Trinajstić information content (AvgIpc) is 3.67. The van der Waals surface area contributed by atoms with Gasteiger partial charge in [-0.15, -0.1) is 0 Å². The second-order valence-corrected chi connectivity index (χ2v) is 12.6. The monoisotopic (exact) mass is 629 g/mol. The topological polar surface area (TPSA) is 128 Å². The van der Waals surface area contributed by atoms with Crippen LogP contribution >= 0.6 is 0 Å². The smallest absolute Gasteiger partial charge is 0.329 e. The summed E-state index contributed by atoms with van der Waals surface area (Å²) in [4.78, 5) is 50.0. The molecule has 3 aliphatic rings. The lowest BCUT2D eigenvalue weighted by Gasteiger charge is -2.37. The number of aliphatic hydroxyl groups excluding tert-OH is 1. The molecule has 0 saturated carbocycles. The molecule has 6 atom stereocenters. The number of halogens is 1. The number of rotatable bonds is 3. The maximum atomic E-state index is 14.8. The molecule has 0 spiro atoms. The fourth-order valence-electron chi connectivity index (χ4n) is 6.17. The normalized spacial score (nSPS) is 30.3. The molecule has 11 nitrogen and oxygen atoms in total. The van der Waals surface area contributed by atoms with Crippen molar-refractivity contribution in [2.24, 2.45) is 11.8 Å². The Hall–Kier alpha value is -3.35. The standard InChI is InChI=1S/C33H48FN5O6/c1-22-7-5-11-35-29(41)10-9-23(2)31(24(3)20-38-15-13-37(4)14-16-38)45-33(43)28-8-6-12-39(28)32(42)27-21-44-30(36-27)19-25(34)18-26(40)17-22/h5,7,9-10,17,21,23-26,28,31,40H,6,8,11-16,18-20H2,1-4H3,(H,35,41)/b7-5?,10-9+,22-17?/t23-,24+,25-,26-,28-,31+/m1/s1. The van der Waals surface area contributed by atoms with Gasteiger partial charge < -0.3 is 34.3 Å². The number of aliphatic hydroxyl groups is 1. The van der Waals surface area contributed by atoms with Crippen LogP contribution in [0.4, 0.5) is 4.39 Å². The van der Waals surface area contributed by atoms with Crippen molar-refractivity contribution in [2.45, 2.75) is 70.9 Å². The van der Waals surface area contributed by atoms with Gasteiger partial charge in [0.15, 0.2) is 11.6 Å². The van der Waals surface area contributed by atoms with Gasteiger partial charge in [0, 0.05) is 64.1 Å². The first kappa shape index (κ1) is 34.5. The number of amides is 2. The van der Waals surface area contributed by atoms with Crippen LogP contribution in [0.5, 0.6) is 0 Å². The van der Waals surface area contributed by atoms with Gasteiger partial charge in [0.1, 0.15) is 24.6 Å². The van der Waals surface area contributed by atoms with Crippen molar-refractivity contribution in [3.63, 3.8) is 0 Å². The Kier molecular flexibility index (Phi) is 12.5. The van der Waals surface area contributed by atoms with Gasteiger partial charge in [0.25, 0.3) is 5.91 Å². The molecule has 1 aromatic rings.